The number of anilines is 1. The van der Waals surface area contributed by atoms with Crippen LogP contribution in [0.2, 0.25) is 0 Å². The van der Waals surface area contributed by atoms with E-state index >= 15 is 0 Å². The number of aryl methyl sites for hydroxylation is 3. The fourth-order valence-corrected chi connectivity index (χ4v) is 4.37. The molecular weight excluding hydrogens is 460 g/mol. The zero-order chi connectivity index (χ0) is 26.4. The standard InChI is InChI=1S/C27H34N4O5/c1-7-36-26(33)23-21(28-27(34)30-25(23)19-8-10-20(35-6)11-9-19)14-31(5)15-22(32)29-24-17(3)12-16(2)13-18(24)4/h8-13,25H,7,14-15H2,1-6H3,(H,29,32)(H2,28,30,34). The lowest BCUT2D eigenvalue weighted by Crippen LogP contribution is -2.48. The third kappa shape index (κ3) is 6.42. The number of methoxy groups -OCH3 is 1. The SMILES string of the molecule is CCOC(=O)C1=C(CN(C)CC(=O)Nc2c(C)cc(C)cc2C)NC(=O)NC1c1ccc(OC)cc1. The van der Waals surface area contributed by atoms with E-state index in [1.807, 2.05) is 32.9 Å². The van der Waals surface area contributed by atoms with Crippen molar-refractivity contribution in [3.63, 3.8) is 0 Å². The third-order valence-corrected chi connectivity index (χ3v) is 5.88. The van der Waals surface area contributed by atoms with Crippen LogP contribution in [-0.2, 0) is 14.3 Å². The van der Waals surface area contributed by atoms with E-state index in [4.69, 9.17) is 9.47 Å². The first-order chi connectivity index (χ1) is 17.1. The number of rotatable bonds is 9. The molecule has 36 heavy (non-hydrogen) atoms. The summed E-state index contributed by atoms with van der Waals surface area (Å²) in [4.78, 5) is 40.0. The number of benzene rings is 2. The van der Waals surface area contributed by atoms with Crippen LogP contribution in [0.5, 0.6) is 5.75 Å². The summed E-state index contributed by atoms with van der Waals surface area (Å²) in [6.45, 7) is 8.06. The minimum Gasteiger partial charge on any atom is -0.497 e. The van der Waals surface area contributed by atoms with E-state index in [0.29, 0.717) is 22.6 Å². The van der Waals surface area contributed by atoms with Gasteiger partial charge in [-0.1, -0.05) is 29.8 Å². The van der Waals surface area contributed by atoms with Gasteiger partial charge in [0.2, 0.25) is 5.91 Å². The summed E-state index contributed by atoms with van der Waals surface area (Å²) in [5.74, 6) is -0.0759. The lowest BCUT2D eigenvalue weighted by molar-refractivity contribution is -0.139. The van der Waals surface area contributed by atoms with Crippen molar-refractivity contribution in [2.45, 2.75) is 33.7 Å². The highest BCUT2D eigenvalue weighted by molar-refractivity contribution is 5.96. The highest BCUT2D eigenvalue weighted by Gasteiger charge is 2.34. The predicted octanol–water partition coefficient (Wildman–Crippen LogP) is 3.36. The maximum atomic E-state index is 13.0. The normalized spacial score (nSPS) is 15.3. The smallest absolute Gasteiger partial charge is 0.338 e. The molecule has 1 heterocycles. The molecule has 3 rings (SSSR count). The number of nitrogens with zero attached hydrogens (tertiary/aromatic N) is 1. The fourth-order valence-electron chi connectivity index (χ4n) is 4.37. The number of urea groups is 1. The molecule has 0 aliphatic carbocycles. The average Bonchev–Trinajstić information content (AvgIpc) is 2.81. The molecule has 9 nitrogen and oxygen atoms in total. The molecule has 0 radical (unpaired) electrons. The molecule has 3 amide bonds. The van der Waals surface area contributed by atoms with E-state index in [-0.39, 0.29) is 25.6 Å². The lowest BCUT2D eigenvalue weighted by Gasteiger charge is -2.31. The van der Waals surface area contributed by atoms with Crippen LogP contribution in [0.4, 0.5) is 10.5 Å². The van der Waals surface area contributed by atoms with Crippen LogP contribution in [0.3, 0.4) is 0 Å². The van der Waals surface area contributed by atoms with Crippen LogP contribution in [-0.4, -0.2) is 56.7 Å². The Morgan fingerprint density at radius 2 is 1.72 bits per heavy atom. The zero-order valence-corrected chi connectivity index (χ0v) is 21.7. The van der Waals surface area contributed by atoms with E-state index in [9.17, 15) is 14.4 Å². The second kappa shape index (κ2) is 11.7. The molecule has 1 atom stereocenters. The van der Waals surface area contributed by atoms with Crippen LogP contribution < -0.4 is 20.7 Å². The van der Waals surface area contributed by atoms with Crippen molar-refractivity contribution in [2.24, 2.45) is 0 Å². The van der Waals surface area contributed by atoms with Crippen molar-refractivity contribution in [3.05, 3.63) is 69.9 Å². The Labute approximate surface area is 211 Å². The molecule has 192 valence electrons. The topological polar surface area (TPSA) is 109 Å². The number of likely N-dealkylation sites (N-methyl/N-ethyl adjacent to an activating group) is 1. The molecule has 2 aromatic carbocycles. The van der Waals surface area contributed by atoms with Gasteiger partial charge in [-0.25, -0.2) is 9.59 Å². The minimum absolute atomic E-state index is 0.0584. The largest absolute Gasteiger partial charge is 0.497 e. The van der Waals surface area contributed by atoms with Gasteiger partial charge in [0.1, 0.15) is 5.75 Å². The van der Waals surface area contributed by atoms with Crippen molar-refractivity contribution >= 4 is 23.6 Å². The van der Waals surface area contributed by atoms with Gasteiger partial charge >= 0.3 is 12.0 Å². The Kier molecular flexibility index (Phi) is 8.71. The number of nitrogens with one attached hydrogen (secondary N) is 3. The van der Waals surface area contributed by atoms with E-state index in [2.05, 4.69) is 16.0 Å². The monoisotopic (exact) mass is 494 g/mol. The average molecular weight is 495 g/mol. The Morgan fingerprint density at radius 3 is 2.31 bits per heavy atom. The van der Waals surface area contributed by atoms with Crippen LogP contribution >= 0.6 is 0 Å². The maximum Gasteiger partial charge on any atom is 0.338 e. The second-order valence-electron chi connectivity index (χ2n) is 8.91. The van der Waals surface area contributed by atoms with Crippen molar-refractivity contribution in [1.29, 1.82) is 0 Å². The van der Waals surface area contributed by atoms with Crippen LogP contribution in [0.25, 0.3) is 0 Å². The van der Waals surface area contributed by atoms with Crippen LogP contribution in [0.15, 0.2) is 47.7 Å². The molecule has 0 fully saturated rings. The van der Waals surface area contributed by atoms with Gasteiger partial charge in [0.15, 0.2) is 0 Å². The molecule has 9 heteroatoms. The van der Waals surface area contributed by atoms with E-state index in [1.54, 1.807) is 50.2 Å². The number of carbonyl (C=O) groups is 3. The van der Waals surface area contributed by atoms with Gasteiger partial charge in [-0.05, 0) is 63.6 Å². The van der Waals surface area contributed by atoms with Gasteiger partial charge in [0.05, 0.1) is 31.9 Å². The molecule has 1 aliphatic rings. The van der Waals surface area contributed by atoms with Gasteiger partial charge in [-0.15, -0.1) is 0 Å². The van der Waals surface area contributed by atoms with Crippen molar-refractivity contribution in [3.8, 4) is 5.75 Å². The second-order valence-corrected chi connectivity index (χ2v) is 8.91. The van der Waals surface area contributed by atoms with Crippen molar-refractivity contribution < 1.29 is 23.9 Å². The molecule has 1 unspecified atom stereocenters. The summed E-state index contributed by atoms with van der Waals surface area (Å²) in [5, 5.41) is 8.53. The minimum atomic E-state index is -0.709. The lowest BCUT2D eigenvalue weighted by atomic mass is 9.95. The Balaban J connectivity index is 1.83. The first kappa shape index (κ1) is 26.7. The Morgan fingerprint density at radius 1 is 1.08 bits per heavy atom. The van der Waals surface area contributed by atoms with Crippen molar-refractivity contribution in [2.75, 3.05) is 39.2 Å². The van der Waals surface area contributed by atoms with Gasteiger partial charge < -0.3 is 25.4 Å². The maximum absolute atomic E-state index is 13.0. The third-order valence-electron chi connectivity index (χ3n) is 5.88. The molecular formula is C27H34N4O5. The highest BCUT2D eigenvalue weighted by Crippen LogP contribution is 2.29. The number of ether oxygens (including phenoxy) is 2. The molecule has 0 spiro atoms. The molecule has 0 saturated carbocycles. The molecule has 3 N–H and O–H groups in total. The molecule has 1 aliphatic heterocycles. The summed E-state index contributed by atoms with van der Waals surface area (Å²) in [5.41, 5.74) is 5.28. The first-order valence-corrected chi connectivity index (χ1v) is 11.8. The number of esters is 1. The molecule has 0 saturated heterocycles. The van der Waals surface area contributed by atoms with Gasteiger partial charge in [0, 0.05) is 17.9 Å². The molecule has 2 aromatic rings. The quantitative estimate of drug-likeness (QED) is 0.461. The summed E-state index contributed by atoms with van der Waals surface area (Å²) < 4.78 is 10.5. The number of hydrogen-bond donors (Lipinski definition) is 3. The summed E-state index contributed by atoms with van der Waals surface area (Å²) in [6.07, 6.45) is 0. The van der Waals surface area contributed by atoms with E-state index in [1.165, 1.54) is 0 Å². The Hall–Kier alpha value is -3.85. The highest BCUT2D eigenvalue weighted by atomic mass is 16.5. The number of amides is 3. The molecule has 0 bridgehead atoms. The van der Waals surface area contributed by atoms with Crippen LogP contribution in [0, 0.1) is 20.8 Å². The van der Waals surface area contributed by atoms with Gasteiger partial charge in [-0.3, -0.25) is 9.69 Å². The number of carbonyl (C=O) groups excluding carboxylic acids is 3. The summed E-state index contributed by atoms with van der Waals surface area (Å²) >= 11 is 0. The fraction of sp³-hybridized carbons (Fsp3) is 0.370. The molecule has 0 aromatic heterocycles. The zero-order valence-electron chi connectivity index (χ0n) is 21.7. The summed E-state index contributed by atoms with van der Waals surface area (Å²) in [6, 6.07) is 9.99. The van der Waals surface area contributed by atoms with Crippen molar-refractivity contribution in [1.82, 2.24) is 15.5 Å². The Bertz CT molecular complexity index is 1150. The van der Waals surface area contributed by atoms with E-state index < -0.39 is 18.0 Å². The predicted molar refractivity (Wildman–Crippen MR) is 138 cm³/mol. The van der Waals surface area contributed by atoms with Gasteiger partial charge in [0.25, 0.3) is 0 Å². The van der Waals surface area contributed by atoms with Crippen LogP contribution in [0.1, 0.15) is 35.2 Å². The number of hydrogen-bond acceptors (Lipinski definition) is 6. The first-order valence-electron chi connectivity index (χ1n) is 11.8. The summed E-state index contributed by atoms with van der Waals surface area (Å²) in [7, 11) is 3.32. The van der Waals surface area contributed by atoms with E-state index in [0.717, 1.165) is 22.4 Å². The van der Waals surface area contributed by atoms with Gasteiger partial charge in [-0.2, -0.15) is 0 Å².